The van der Waals surface area contributed by atoms with Crippen molar-refractivity contribution < 1.29 is 4.79 Å². The molecule has 0 bridgehead atoms. The Morgan fingerprint density at radius 2 is 1.92 bits per heavy atom. The van der Waals surface area contributed by atoms with Crippen LogP contribution in [0.25, 0.3) is 10.9 Å². The fourth-order valence-electron chi connectivity index (χ4n) is 3.42. The Morgan fingerprint density at radius 3 is 2.60 bits per heavy atom. The summed E-state index contributed by atoms with van der Waals surface area (Å²) >= 11 is 0. The standard InChI is InChI=1S/C20H27N3O2/c1-14(2)11-18(24)23-9-7-22(8-10-23)13-17-12-16-6-4-5-15(3)19(16)21-20(17)25/h4-6,12,14H,7-11,13H2,1-3H3,(H,21,25). The van der Waals surface area contributed by atoms with E-state index >= 15 is 0 Å². The number of carbonyl (C=O) groups is 1. The lowest BCUT2D eigenvalue weighted by Gasteiger charge is -2.35. The Bertz CT molecular complexity index is 817. The molecule has 1 aromatic heterocycles. The Kier molecular flexibility index (Phi) is 5.23. The predicted molar refractivity (Wildman–Crippen MR) is 101 cm³/mol. The van der Waals surface area contributed by atoms with Crippen LogP contribution in [0.3, 0.4) is 0 Å². The summed E-state index contributed by atoms with van der Waals surface area (Å²) in [6, 6.07) is 8.05. The van der Waals surface area contributed by atoms with Crippen molar-refractivity contribution in [2.75, 3.05) is 26.2 Å². The van der Waals surface area contributed by atoms with Crippen molar-refractivity contribution in [3.8, 4) is 0 Å². The van der Waals surface area contributed by atoms with E-state index in [9.17, 15) is 9.59 Å². The van der Waals surface area contributed by atoms with Crippen LogP contribution < -0.4 is 5.56 Å². The van der Waals surface area contributed by atoms with Crippen molar-refractivity contribution in [3.05, 3.63) is 45.7 Å². The van der Waals surface area contributed by atoms with Crippen LogP contribution in [0.2, 0.25) is 0 Å². The number of hydrogen-bond acceptors (Lipinski definition) is 3. The minimum absolute atomic E-state index is 0.0138. The molecule has 2 aromatic rings. The van der Waals surface area contributed by atoms with Crippen LogP contribution in [0.4, 0.5) is 0 Å². The summed E-state index contributed by atoms with van der Waals surface area (Å²) < 4.78 is 0. The Balaban J connectivity index is 1.66. The second-order valence-corrected chi connectivity index (χ2v) is 7.42. The lowest BCUT2D eigenvalue weighted by Crippen LogP contribution is -2.48. The van der Waals surface area contributed by atoms with E-state index in [4.69, 9.17) is 0 Å². The second-order valence-electron chi connectivity index (χ2n) is 7.42. The van der Waals surface area contributed by atoms with E-state index in [-0.39, 0.29) is 11.5 Å². The maximum Gasteiger partial charge on any atom is 0.252 e. The fourth-order valence-corrected chi connectivity index (χ4v) is 3.42. The molecule has 0 radical (unpaired) electrons. The third-order valence-corrected chi connectivity index (χ3v) is 4.87. The molecule has 1 aliphatic heterocycles. The van der Waals surface area contributed by atoms with Crippen LogP contribution in [0.15, 0.2) is 29.1 Å². The summed E-state index contributed by atoms with van der Waals surface area (Å²) in [5.41, 5.74) is 2.78. The van der Waals surface area contributed by atoms with Gasteiger partial charge in [-0.2, -0.15) is 0 Å². The number of rotatable bonds is 4. The van der Waals surface area contributed by atoms with Gasteiger partial charge < -0.3 is 9.88 Å². The zero-order chi connectivity index (χ0) is 18.0. The van der Waals surface area contributed by atoms with Crippen molar-refractivity contribution >= 4 is 16.8 Å². The highest BCUT2D eigenvalue weighted by atomic mass is 16.2. The first-order valence-electron chi connectivity index (χ1n) is 9.05. The van der Waals surface area contributed by atoms with Gasteiger partial charge in [-0.3, -0.25) is 14.5 Å². The summed E-state index contributed by atoms with van der Waals surface area (Å²) in [4.78, 5) is 31.8. The predicted octanol–water partition coefficient (Wildman–Crippen LogP) is 2.53. The van der Waals surface area contributed by atoms with Gasteiger partial charge in [0.1, 0.15) is 0 Å². The topological polar surface area (TPSA) is 56.4 Å². The third kappa shape index (κ3) is 4.10. The molecule has 25 heavy (non-hydrogen) atoms. The average molecular weight is 341 g/mol. The molecule has 1 amide bonds. The van der Waals surface area contributed by atoms with Crippen molar-refractivity contribution in [3.63, 3.8) is 0 Å². The molecule has 1 saturated heterocycles. The van der Waals surface area contributed by atoms with Gasteiger partial charge in [0.05, 0.1) is 5.52 Å². The molecule has 1 fully saturated rings. The second kappa shape index (κ2) is 7.40. The number of hydrogen-bond donors (Lipinski definition) is 1. The highest BCUT2D eigenvalue weighted by Gasteiger charge is 2.22. The molecule has 1 aliphatic rings. The molecule has 2 heterocycles. The number of aromatic nitrogens is 1. The van der Waals surface area contributed by atoms with Gasteiger partial charge in [0.15, 0.2) is 0 Å². The van der Waals surface area contributed by atoms with E-state index in [1.807, 2.05) is 36.1 Å². The Labute approximate surface area is 148 Å². The number of nitrogens with zero attached hydrogens (tertiary/aromatic N) is 2. The molecule has 0 aliphatic carbocycles. The molecule has 5 nitrogen and oxygen atoms in total. The van der Waals surface area contributed by atoms with Crippen LogP contribution in [0.5, 0.6) is 0 Å². The number of H-pyrrole nitrogens is 1. The largest absolute Gasteiger partial charge is 0.340 e. The number of nitrogens with one attached hydrogen (secondary N) is 1. The van der Waals surface area contributed by atoms with E-state index in [2.05, 4.69) is 23.7 Å². The van der Waals surface area contributed by atoms with Crippen LogP contribution in [0.1, 0.15) is 31.4 Å². The molecule has 1 N–H and O–H groups in total. The van der Waals surface area contributed by atoms with E-state index in [0.29, 0.717) is 18.9 Å². The fraction of sp³-hybridized carbons (Fsp3) is 0.500. The SMILES string of the molecule is Cc1cccc2cc(CN3CCN(C(=O)CC(C)C)CC3)c(=O)[nH]c12. The maximum atomic E-state index is 12.4. The van der Waals surface area contributed by atoms with Crippen LogP contribution >= 0.6 is 0 Å². The molecule has 3 rings (SSSR count). The minimum Gasteiger partial charge on any atom is -0.340 e. The van der Waals surface area contributed by atoms with Gasteiger partial charge in [-0.25, -0.2) is 0 Å². The Morgan fingerprint density at radius 1 is 1.20 bits per heavy atom. The normalized spacial score (nSPS) is 15.9. The number of amides is 1. The molecule has 0 spiro atoms. The number of fused-ring (bicyclic) bond motifs is 1. The zero-order valence-electron chi connectivity index (χ0n) is 15.3. The van der Waals surface area contributed by atoms with Gasteiger partial charge in [-0.05, 0) is 29.9 Å². The van der Waals surface area contributed by atoms with Gasteiger partial charge in [0, 0.05) is 44.7 Å². The van der Waals surface area contributed by atoms with Crippen molar-refractivity contribution in [1.29, 1.82) is 0 Å². The van der Waals surface area contributed by atoms with Crippen molar-refractivity contribution in [2.24, 2.45) is 5.92 Å². The summed E-state index contributed by atoms with van der Waals surface area (Å²) in [6.07, 6.45) is 0.615. The number of para-hydroxylation sites is 1. The molecular formula is C20H27N3O2. The van der Waals surface area contributed by atoms with Gasteiger partial charge in [0.25, 0.3) is 5.56 Å². The monoisotopic (exact) mass is 341 g/mol. The quantitative estimate of drug-likeness (QED) is 0.930. The van der Waals surface area contributed by atoms with Crippen molar-refractivity contribution in [1.82, 2.24) is 14.8 Å². The molecule has 5 heteroatoms. The smallest absolute Gasteiger partial charge is 0.252 e. The first-order valence-corrected chi connectivity index (χ1v) is 9.05. The first kappa shape index (κ1) is 17.7. The molecular weight excluding hydrogens is 314 g/mol. The molecule has 1 aromatic carbocycles. The van der Waals surface area contributed by atoms with Gasteiger partial charge in [-0.1, -0.05) is 32.0 Å². The first-order chi connectivity index (χ1) is 11.9. The third-order valence-electron chi connectivity index (χ3n) is 4.87. The summed E-state index contributed by atoms with van der Waals surface area (Å²) in [7, 11) is 0. The lowest BCUT2D eigenvalue weighted by atomic mass is 10.1. The average Bonchev–Trinajstić information content (AvgIpc) is 2.56. The maximum absolute atomic E-state index is 12.4. The summed E-state index contributed by atoms with van der Waals surface area (Å²) in [6.45, 7) is 9.90. The number of benzene rings is 1. The highest BCUT2D eigenvalue weighted by Crippen LogP contribution is 2.16. The molecule has 0 saturated carbocycles. The van der Waals surface area contributed by atoms with Gasteiger partial charge in [0.2, 0.25) is 5.91 Å². The van der Waals surface area contributed by atoms with Crippen LogP contribution in [-0.2, 0) is 11.3 Å². The number of aromatic amines is 1. The molecule has 0 atom stereocenters. The number of carbonyl (C=O) groups excluding carboxylic acids is 1. The molecule has 0 unspecified atom stereocenters. The van der Waals surface area contributed by atoms with Crippen LogP contribution in [0, 0.1) is 12.8 Å². The van der Waals surface area contributed by atoms with Gasteiger partial charge in [-0.15, -0.1) is 0 Å². The molecule has 134 valence electrons. The van der Waals surface area contributed by atoms with E-state index < -0.39 is 0 Å². The van der Waals surface area contributed by atoms with E-state index in [0.717, 1.165) is 48.2 Å². The van der Waals surface area contributed by atoms with Crippen LogP contribution in [-0.4, -0.2) is 46.9 Å². The minimum atomic E-state index is -0.0138. The zero-order valence-corrected chi connectivity index (χ0v) is 15.3. The number of pyridine rings is 1. The van der Waals surface area contributed by atoms with Crippen molar-refractivity contribution in [2.45, 2.75) is 33.7 Å². The summed E-state index contributed by atoms with van der Waals surface area (Å²) in [5, 5.41) is 1.07. The van der Waals surface area contributed by atoms with Gasteiger partial charge >= 0.3 is 0 Å². The highest BCUT2D eigenvalue weighted by molar-refractivity contribution is 5.81. The van der Waals surface area contributed by atoms with E-state index in [1.165, 1.54) is 0 Å². The number of piperazine rings is 1. The Hall–Kier alpha value is -2.14. The summed E-state index contributed by atoms with van der Waals surface area (Å²) in [5.74, 6) is 0.638. The lowest BCUT2D eigenvalue weighted by molar-refractivity contribution is -0.133. The van der Waals surface area contributed by atoms with E-state index in [1.54, 1.807) is 0 Å². The number of aryl methyl sites for hydroxylation is 1.